The topological polar surface area (TPSA) is 49.0 Å². The third kappa shape index (κ3) is 1.93. The van der Waals surface area contributed by atoms with Crippen molar-refractivity contribution in [3.05, 3.63) is 34.9 Å². The van der Waals surface area contributed by atoms with Crippen LogP contribution >= 0.6 is 23.5 Å². The van der Waals surface area contributed by atoms with Crippen LogP contribution in [-0.2, 0) is 0 Å². The van der Waals surface area contributed by atoms with Crippen molar-refractivity contribution >= 4 is 45.4 Å². The van der Waals surface area contributed by atoms with Crippen molar-refractivity contribution in [1.82, 2.24) is 4.90 Å². The molecule has 2 aromatic rings. The highest BCUT2D eigenvalue weighted by Gasteiger charge is 2.33. The van der Waals surface area contributed by atoms with Crippen molar-refractivity contribution in [2.75, 3.05) is 26.0 Å². The highest BCUT2D eigenvalue weighted by atomic mass is 32.2. The first-order valence-electron chi connectivity index (χ1n) is 6.72. The molecule has 2 aliphatic heterocycles. The minimum atomic E-state index is 0.0408. The van der Waals surface area contributed by atoms with E-state index in [1.54, 1.807) is 29.8 Å². The Morgan fingerprint density at radius 1 is 1.43 bits per heavy atom. The van der Waals surface area contributed by atoms with Crippen LogP contribution < -0.4 is 0 Å². The molecule has 3 heterocycles. The standard InChI is InChI=1S/C15H14N2O2S2/c1-20-11-3-2-9(10-4-7-19-14(10)11)13-12(8-18)21-15-16-5-6-17(13)15/h2-4,7,18H,5-6,8H2,1H3. The highest BCUT2D eigenvalue weighted by molar-refractivity contribution is 8.17. The molecule has 1 aromatic heterocycles. The Labute approximate surface area is 130 Å². The summed E-state index contributed by atoms with van der Waals surface area (Å²) in [6.45, 7) is 1.74. The summed E-state index contributed by atoms with van der Waals surface area (Å²) in [5.74, 6) is 0. The van der Waals surface area contributed by atoms with E-state index in [1.807, 2.05) is 12.3 Å². The van der Waals surface area contributed by atoms with Gasteiger partial charge in [0.2, 0.25) is 0 Å². The minimum absolute atomic E-state index is 0.0408. The number of furan rings is 1. The quantitative estimate of drug-likeness (QED) is 0.881. The van der Waals surface area contributed by atoms with Crippen LogP contribution in [0.5, 0.6) is 0 Å². The second-order valence-corrected chi connectivity index (χ2v) is 6.74. The van der Waals surface area contributed by atoms with Crippen LogP contribution in [0.25, 0.3) is 16.7 Å². The monoisotopic (exact) mass is 318 g/mol. The van der Waals surface area contributed by atoms with E-state index in [0.717, 1.165) is 50.3 Å². The molecule has 21 heavy (non-hydrogen) atoms. The Bertz CT molecular complexity index is 779. The number of thioether (sulfide) groups is 2. The molecule has 0 aliphatic carbocycles. The van der Waals surface area contributed by atoms with Gasteiger partial charge in [-0.15, -0.1) is 11.8 Å². The Balaban J connectivity index is 1.93. The molecule has 0 unspecified atom stereocenters. The summed E-state index contributed by atoms with van der Waals surface area (Å²) in [6.07, 6.45) is 3.78. The second-order valence-electron chi connectivity index (χ2n) is 4.83. The minimum Gasteiger partial charge on any atom is -0.463 e. The van der Waals surface area contributed by atoms with E-state index in [0.29, 0.717) is 0 Å². The molecule has 0 atom stereocenters. The lowest BCUT2D eigenvalue weighted by atomic mass is 10.1. The number of aliphatic hydroxyl groups is 1. The third-order valence-electron chi connectivity index (χ3n) is 3.75. The van der Waals surface area contributed by atoms with Gasteiger partial charge in [-0.1, -0.05) is 17.8 Å². The summed E-state index contributed by atoms with van der Waals surface area (Å²) in [5.41, 5.74) is 3.11. The third-order valence-corrected chi connectivity index (χ3v) is 5.61. The molecular formula is C15H14N2O2S2. The lowest BCUT2D eigenvalue weighted by Gasteiger charge is -2.18. The summed E-state index contributed by atoms with van der Waals surface area (Å²) in [4.78, 5) is 8.80. The van der Waals surface area contributed by atoms with Crippen LogP contribution in [-0.4, -0.2) is 41.1 Å². The molecule has 6 heteroatoms. The van der Waals surface area contributed by atoms with Crippen LogP contribution in [0.2, 0.25) is 0 Å². The lowest BCUT2D eigenvalue weighted by molar-refractivity contribution is 0.339. The normalized spacial score (nSPS) is 17.8. The van der Waals surface area contributed by atoms with Crippen LogP contribution in [0.4, 0.5) is 0 Å². The van der Waals surface area contributed by atoms with E-state index in [9.17, 15) is 5.11 Å². The lowest BCUT2D eigenvalue weighted by Crippen LogP contribution is -2.20. The average Bonchev–Trinajstić information content (AvgIpc) is 3.20. The molecule has 0 spiro atoms. The Kier molecular flexibility index (Phi) is 3.24. The number of rotatable bonds is 3. The van der Waals surface area contributed by atoms with Crippen molar-refractivity contribution < 1.29 is 9.52 Å². The molecule has 1 N–H and O–H groups in total. The van der Waals surface area contributed by atoms with Crippen LogP contribution in [0, 0.1) is 0 Å². The molecule has 0 radical (unpaired) electrons. The van der Waals surface area contributed by atoms with Gasteiger partial charge in [-0.05, 0) is 18.4 Å². The Hall–Kier alpha value is -1.37. The molecule has 0 amide bonds. The van der Waals surface area contributed by atoms with Crippen molar-refractivity contribution in [2.24, 2.45) is 4.99 Å². The predicted octanol–water partition coefficient (Wildman–Crippen LogP) is 3.23. The van der Waals surface area contributed by atoms with Crippen LogP contribution in [0.1, 0.15) is 5.56 Å². The first-order valence-corrected chi connectivity index (χ1v) is 8.76. The number of nitrogens with zero attached hydrogens (tertiary/aromatic N) is 2. The number of fused-ring (bicyclic) bond motifs is 2. The predicted molar refractivity (Wildman–Crippen MR) is 88.6 cm³/mol. The maximum absolute atomic E-state index is 9.69. The van der Waals surface area contributed by atoms with E-state index >= 15 is 0 Å². The average molecular weight is 318 g/mol. The molecule has 4 nitrogen and oxygen atoms in total. The smallest absolute Gasteiger partial charge is 0.168 e. The molecule has 0 saturated carbocycles. The summed E-state index contributed by atoms with van der Waals surface area (Å²) in [7, 11) is 0. The SMILES string of the molecule is CSc1ccc(C2=C(CO)SC3=NCCN32)c2ccoc12. The number of benzene rings is 1. The number of hydrogen-bond acceptors (Lipinski definition) is 6. The van der Waals surface area contributed by atoms with Crippen molar-refractivity contribution in [1.29, 1.82) is 0 Å². The second kappa shape index (κ2) is 5.12. The Morgan fingerprint density at radius 2 is 2.33 bits per heavy atom. The zero-order valence-electron chi connectivity index (χ0n) is 11.5. The number of amidine groups is 1. The molecule has 4 rings (SSSR count). The molecule has 1 aromatic carbocycles. The van der Waals surface area contributed by atoms with E-state index in [1.165, 1.54) is 0 Å². The zero-order valence-corrected chi connectivity index (χ0v) is 13.1. The number of aliphatic imine (C=N–C) groups is 1. The van der Waals surface area contributed by atoms with Gasteiger partial charge < -0.3 is 14.4 Å². The van der Waals surface area contributed by atoms with Crippen molar-refractivity contribution in [2.45, 2.75) is 4.90 Å². The van der Waals surface area contributed by atoms with Crippen molar-refractivity contribution in [3.63, 3.8) is 0 Å². The number of aliphatic hydroxyl groups excluding tert-OH is 1. The molecule has 108 valence electrons. The van der Waals surface area contributed by atoms with Gasteiger partial charge in [0.05, 0.1) is 30.0 Å². The van der Waals surface area contributed by atoms with Gasteiger partial charge in [0.25, 0.3) is 0 Å². The van der Waals surface area contributed by atoms with Gasteiger partial charge in [-0.25, -0.2) is 0 Å². The van der Waals surface area contributed by atoms with Gasteiger partial charge in [0.1, 0.15) is 5.58 Å². The van der Waals surface area contributed by atoms with Gasteiger partial charge >= 0.3 is 0 Å². The number of hydrogen-bond donors (Lipinski definition) is 1. The van der Waals surface area contributed by atoms with Gasteiger partial charge in [-0.2, -0.15) is 0 Å². The van der Waals surface area contributed by atoms with E-state index in [-0.39, 0.29) is 6.61 Å². The van der Waals surface area contributed by atoms with Crippen LogP contribution in [0.15, 0.2) is 43.7 Å². The maximum atomic E-state index is 9.69. The zero-order chi connectivity index (χ0) is 14.4. The molecule has 0 fully saturated rings. The van der Waals surface area contributed by atoms with Crippen LogP contribution in [0.3, 0.4) is 0 Å². The fourth-order valence-corrected chi connectivity index (χ4v) is 4.44. The first-order chi connectivity index (χ1) is 10.3. The fourth-order valence-electron chi connectivity index (χ4n) is 2.84. The van der Waals surface area contributed by atoms with Gasteiger partial charge in [0, 0.05) is 22.4 Å². The van der Waals surface area contributed by atoms with E-state index in [4.69, 9.17) is 4.42 Å². The summed E-state index contributed by atoms with van der Waals surface area (Å²) >= 11 is 3.25. The first kappa shape index (κ1) is 13.3. The molecule has 0 bridgehead atoms. The summed E-state index contributed by atoms with van der Waals surface area (Å²) in [5, 5.41) is 11.8. The molecule has 0 saturated heterocycles. The van der Waals surface area contributed by atoms with Gasteiger partial charge in [0.15, 0.2) is 5.17 Å². The summed E-state index contributed by atoms with van der Waals surface area (Å²) in [6, 6.07) is 6.21. The molecule has 2 aliphatic rings. The summed E-state index contributed by atoms with van der Waals surface area (Å²) < 4.78 is 5.66. The maximum Gasteiger partial charge on any atom is 0.168 e. The highest BCUT2D eigenvalue weighted by Crippen LogP contribution is 2.44. The van der Waals surface area contributed by atoms with E-state index in [2.05, 4.69) is 22.0 Å². The van der Waals surface area contributed by atoms with Crippen molar-refractivity contribution in [3.8, 4) is 0 Å². The van der Waals surface area contributed by atoms with E-state index < -0.39 is 0 Å². The largest absolute Gasteiger partial charge is 0.463 e. The Morgan fingerprint density at radius 3 is 3.14 bits per heavy atom. The fraction of sp³-hybridized carbons (Fsp3) is 0.267. The van der Waals surface area contributed by atoms with Gasteiger partial charge in [-0.3, -0.25) is 4.99 Å². The molecular weight excluding hydrogens is 304 g/mol.